The van der Waals surface area contributed by atoms with Crippen molar-refractivity contribution in [3.8, 4) is 5.75 Å². The van der Waals surface area contributed by atoms with Crippen LogP contribution in [0.2, 0.25) is 0 Å². The van der Waals surface area contributed by atoms with Crippen LogP contribution in [0.25, 0.3) is 10.9 Å². The largest absolute Gasteiger partial charge is 0.490 e. The molecular formula is C18H20BrFN4O3. The molecule has 1 aromatic heterocycles. The van der Waals surface area contributed by atoms with Crippen LogP contribution >= 0.6 is 15.9 Å². The van der Waals surface area contributed by atoms with Gasteiger partial charge < -0.3 is 19.3 Å². The van der Waals surface area contributed by atoms with Gasteiger partial charge in [0.25, 0.3) is 0 Å². The molecule has 2 aromatic rings. The molecule has 1 fully saturated rings. The Labute approximate surface area is 164 Å². The van der Waals surface area contributed by atoms with Gasteiger partial charge >= 0.3 is 6.09 Å². The normalized spacial score (nSPS) is 19.4. The molecule has 9 heteroatoms. The Balaban J connectivity index is 1.67. The number of carbonyl (C=O) groups excluding carboxylic acids is 1. The van der Waals surface area contributed by atoms with Crippen LogP contribution in [0.3, 0.4) is 0 Å². The van der Waals surface area contributed by atoms with Gasteiger partial charge in [-0.15, -0.1) is 0 Å². The molecule has 0 spiro atoms. The Hall–Kier alpha value is -2.16. The highest BCUT2D eigenvalue weighted by molar-refractivity contribution is 9.10. The minimum atomic E-state index is -0.549. The van der Waals surface area contributed by atoms with Crippen molar-refractivity contribution in [2.45, 2.75) is 32.4 Å². The molecule has 2 aliphatic heterocycles. The fourth-order valence-corrected chi connectivity index (χ4v) is 3.82. The van der Waals surface area contributed by atoms with Crippen LogP contribution in [0.5, 0.6) is 5.75 Å². The Kier molecular flexibility index (Phi) is 4.37. The Morgan fingerprint density at radius 2 is 2.15 bits per heavy atom. The van der Waals surface area contributed by atoms with E-state index in [1.807, 2.05) is 20.8 Å². The smallest absolute Gasteiger partial charge is 0.410 e. The molecule has 0 bridgehead atoms. The number of rotatable bonds is 0. The molecule has 1 aromatic carbocycles. The second kappa shape index (κ2) is 6.47. The van der Waals surface area contributed by atoms with Crippen molar-refractivity contribution in [3.05, 3.63) is 22.7 Å². The van der Waals surface area contributed by atoms with E-state index in [0.29, 0.717) is 47.7 Å². The number of aromatic nitrogens is 2. The number of ether oxygens (including phenoxy) is 2. The van der Waals surface area contributed by atoms with E-state index in [-0.39, 0.29) is 17.7 Å². The third kappa shape index (κ3) is 3.28. The minimum absolute atomic E-state index is 0.112. The first-order valence-electron chi connectivity index (χ1n) is 8.74. The lowest BCUT2D eigenvalue weighted by Crippen LogP contribution is -2.57. The van der Waals surface area contributed by atoms with Gasteiger partial charge in [0, 0.05) is 19.6 Å². The molecule has 2 aliphatic rings. The van der Waals surface area contributed by atoms with Crippen LogP contribution in [0.1, 0.15) is 20.8 Å². The standard InChI is InChI=1S/C18H20BrFN4O3/c1-18(2,3)27-17(25)23-4-5-24-10(7-23)8-26-12-6-11(19)14(20)15-13(12)16(24)22-9-21-15/h6,9-10H,4-5,7-8H2,1-3H3/t10-/m0/s1. The second-order valence-electron chi connectivity index (χ2n) is 7.68. The summed E-state index contributed by atoms with van der Waals surface area (Å²) in [4.78, 5) is 24.7. The van der Waals surface area contributed by atoms with Crippen LogP contribution < -0.4 is 9.64 Å². The summed E-state index contributed by atoms with van der Waals surface area (Å²) in [5.41, 5.74) is -0.327. The first-order valence-corrected chi connectivity index (χ1v) is 9.54. The molecule has 4 rings (SSSR count). The molecule has 0 unspecified atom stereocenters. The van der Waals surface area contributed by atoms with Crippen LogP contribution in [-0.4, -0.2) is 58.8 Å². The summed E-state index contributed by atoms with van der Waals surface area (Å²) < 4.78 is 26.3. The summed E-state index contributed by atoms with van der Waals surface area (Å²) >= 11 is 3.22. The number of fused-ring (bicyclic) bond motifs is 2. The maximum Gasteiger partial charge on any atom is 0.410 e. The topological polar surface area (TPSA) is 67.8 Å². The Morgan fingerprint density at radius 3 is 2.89 bits per heavy atom. The average molecular weight is 439 g/mol. The number of hydrogen-bond donors (Lipinski definition) is 0. The second-order valence-corrected chi connectivity index (χ2v) is 8.53. The quantitative estimate of drug-likeness (QED) is 0.628. The first kappa shape index (κ1) is 18.2. The van der Waals surface area contributed by atoms with Crippen LogP contribution in [0.15, 0.2) is 16.9 Å². The number of hydrogen-bond acceptors (Lipinski definition) is 6. The van der Waals surface area contributed by atoms with Gasteiger partial charge in [-0.05, 0) is 42.8 Å². The summed E-state index contributed by atoms with van der Waals surface area (Å²) in [5.74, 6) is 0.728. The number of halogens is 2. The van der Waals surface area contributed by atoms with Crippen molar-refractivity contribution in [2.75, 3.05) is 31.1 Å². The maximum atomic E-state index is 14.5. The monoisotopic (exact) mass is 438 g/mol. The number of amides is 1. The molecule has 27 heavy (non-hydrogen) atoms. The summed E-state index contributed by atoms with van der Waals surface area (Å²) in [6, 6.07) is 1.49. The van der Waals surface area contributed by atoms with Crippen LogP contribution in [0.4, 0.5) is 15.0 Å². The third-order valence-electron chi connectivity index (χ3n) is 4.59. The molecule has 0 saturated carbocycles. The molecule has 1 atom stereocenters. The fourth-order valence-electron chi connectivity index (χ4n) is 3.42. The lowest BCUT2D eigenvalue weighted by molar-refractivity contribution is 0.0202. The summed E-state index contributed by atoms with van der Waals surface area (Å²) in [7, 11) is 0. The zero-order valence-corrected chi connectivity index (χ0v) is 16.9. The van der Waals surface area contributed by atoms with Gasteiger partial charge in [-0.1, -0.05) is 0 Å². The lowest BCUT2D eigenvalue weighted by atomic mass is 10.1. The maximum absolute atomic E-state index is 14.5. The van der Waals surface area contributed by atoms with Crippen molar-refractivity contribution < 1.29 is 18.7 Å². The number of carbonyl (C=O) groups is 1. The summed E-state index contributed by atoms with van der Waals surface area (Å²) in [5, 5.41) is 0.561. The van der Waals surface area contributed by atoms with E-state index in [9.17, 15) is 9.18 Å². The third-order valence-corrected chi connectivity index (χ3v) is 5.16. The van der Waals surface area contributed by atoms with Gasteiger partial charge in [-0.2, -0.15) is 0 Å². The molecule has 0 aliphatic carbocycles. The molecule has 0 N–H and O–H groups in total. The van der Waals surface area contributed by atoms with E-state index in [2.05, 4.69) is 30.8 Å². The Bertz CT molecular complexity index is 918. The highest BCUT2D eigenvalue weighted by atomic mass is 79.9. The van der Waals surface area contributed by atoms with E-state index in [1.165, 1.54) is 6.33 Å². The number of anilines is 1. The van der Waals surface area contributed by atoms with Gasteiger partial charge in [-0.3, -0.25) is 0 Å². The fraction of sp³-hybridized carbons (Fsp3) is 0.500. The average Bonchev–Trinajstić information content (AvgIpc) is 2.76. The molecule has 0 radical (unpaired) electrons. The van der Waals surface area contributed by atoms with Crippen molar-refractivity contribution in [1.82, 2.24) is 14.9 Å². The zero-order valence-electron chi connectivity index (χ0n) is 15.3. The molecule has 7 nitrogen and oxygen atoms in total. The highest BCUT2D eigenvalue weighted by Gasteiger charge is 2.36. The van der Waals surface area contributed by atoms with Crippen molar-refractivity contribution in [2.24, 2.45) is 0 Å². The number of piperazine rings is 1. The number of nitrogens with zero attached hydrogens (tertiary/aromatic N) is 4. The van der Waals surface area contributed by atoms with Gasteiger partial charge in [-0.25, -0.2) is 19.2 Å². The van der Waals surface area contributed by atoms with Gasteiger partial charge in [0.1, 0.15) is 35.6 Å². The van der Waals surface area contributed by atoms with Crippen LogP contribution in [-0.2, 0) is 4.74 Å². The minimum Gasteiger partial charge on any atom is -0.490 e. The van der Waals surface area contributed by atoms with Crippen molar-refractivity contribution >= 4 is 38.7 Å². The van der Waals surface area contributed by atoms with E-state index in [4.69, 9.17) is 9.47 Å². The molecule has 1 amide bonds. The van der Waals surface area contributed by atoms with Crippen molar-refractivity contribution in [1.29, 1.82) is 0 Å². The molecule has 144 valence electrons. The molecule has 1 saturated heterocycles. The zero-order chi connectivity index (χ0) is 19.3. The van der Waals surface area contributed by atoms with Gasteiger partial charge in [0.05, 0.1) is 15.9 Å². The summed E-state index contributed by atoms with van der Waals surface area (Å²) in [6.07, 6.45) is 1.02. The Morgan fingerprint density at radius 1 is 1.37 bits per heavy atom. The predicted molar refractivity (Wildman–Crippen MR) is 102 cm³/mol. The van der Waals surface area contributed by atoms with E-state index in [1.54, 1.807) is 11.0 Å². The van der Waals surface area contributed by atoms with E-state index in [0.717, 1.165) is 0 Å². The summed E-state index contributed by atoms with van der Waals surface area (Å²) in [6.45, 7) is 7.37. The van der Waals surface area contributed by atoms with Gasteiger partial charge in [0.2, 0.25) is 0 Å². The lowest BCUT2D eigenvalue weighted by Gasteiger charge is -2.41. The van der Waals surface area contributed by atoms with Crippen LogP contribution in [0, 0.1) is 5.82 Å². The van der Waals surface area contributed by atoms with E-state index < -0.39 is 11.4 Å². The molecule has 3 heterocycles. The predicted octanol–water partition coefficient (Wildman–Crippen LogP) is 3.35. The van der Waals surface area contributed by atoms with Gasteiger partial charge in [0.15, 0.2) is 5.82 Å². The number of benzene rings is 1. The molecular weight excluding hydrogens is 419 g/mol. The van der Waals surface area contributed by atoms with E-state index >= 15 is 0 Å². The first-order chi connectivity index (χ1) is 12.7. The SMILES string of the molecule is CC(C)(C)OC(=O)N1CCN2c3ncnc4c(F)c(Br)cc(c34)OC[C@@H]2C1. The highest BCUT2D eigenvalue weighted by Crippen LogP contribution is 2.40. The van der Waals surface area contributed by atoms with Crippen molar-refractivity contribution in [3.63, 3.8) is 0 Å².